The summed E-state index contributed by atoms with van der Waals surface area (Å²) in [6.07, 6.45) is 1.50. The lowest BCUT2D eigenvalue weighted by molar-refractivity contribution is 0.414. The van der Waals surface area contributed by atoms with Crippen LogP contribution in [0, 0.1) is 5.82 Å². The third-order valence-electron chi connectivity index (χ3n) is 3.58. The summed E-state index contributed by atoms with van der Waals surface area (Å²) in [5, 5.41) is 4.30. The van der Waals surface area contributed by atoms with Crippen molar-refractivity contribution >= 4 is 27.4 Å². The van der Waals surface area contributed by atoms with E-state index in [2.05, 4.69) is 9.82 Å². The van der Waals surface area contributed by atoms with Gasteiger partial charge in [-0.25, -0.2) is 12.8 Å². The summed E-state index contributed by atoms with van der Waals surface area (Å²) >= 11 is 6.09. The van der Waals surface area contributed by atoms with Crippen LogP contribution in [0.1, 0.15) is 5.56 Å². The third-order valence-corrected chi connectivity index (χ3v) is 5.21. The van der Waals surface area contributed by atoms with Gasteiger partial charge in [0.1, 0.15) is 16.6 Å². The first kappa shape index (κ1) is 18.2. The molecule has 0 spiro atoms. The Kier molecular flexibility index (Phi) is 5.15. The van der Waals surface area contributed by atoms with Gasteiger partial charge < -0.3 is 4.74 Å². The van der Waals surface area contributed by atoms with Crippen molar-refractivity contribution in [2.24, 2.45) is 0 Å². The summed E-state index contributed by atoms with van der Waals surface area (Å²) in [6, 6.07) is 11.8. The van der Waals surface area contributed by atoms with Crippen LogP contribution in [0.15, 0.2) is 59.6 Å². The van der Waals surface area contributed by atoms with E-state index in [0.29, 0.717) is 12.3 Å². The fraction of sp³-hybridized carbons (Fsp3) is 0.118. The molecule has 2 aromatic carbocycles. The molecule has 0 saturated heterocycles. The number of aromatic nitrogens is 2. The van der Waals surface area contributed by atoms with Crippen LogP contribution < -0.4 is 9.46 Å². The van der Waals surface area contributed by atoms with Gasteiger partial charge in [0.05, 0.1) is 18.6 Å². The molecule has 0 saturated carbocycles. The highest BCUT2D eigenvalue weighted by Gasteiger charge is 2.18. The fourth-order valence-corrected chi connectivity index (χ4v) is 3.54. The van der Waals surface area contributed by atoms with Gasteiger partial charge in [-0.15, -0.1) is 0 Å². The van der Waals surface area contributed by atoms with E-state index >= 15 is 0 Å². The van der Waals surface area contributed by atoms with Gasteiger partial charge in [-0.3, -0.25) is 9.40 Å². The number of rotatable bonds is 6. The Morgan fingerprint density at radius 2 is 1.81 bits per heavy atom. The minimum atomic E-state index is -3.84. The van der Waals surface area contributed by atoms with Crippen LogP contribution in [-0.2, 0) is 16.6 Å². The first-order chi connectivity index (χ1) is 12.4. The highest BCUT2D eigenvalue weighted by Crippen LogP contribution is 2.24. The Bertz CT molecular complexity index is 1000. The second-order valence-electron chi connectivity index (χ2n) is 5.43. The molecule has 9 heteroatoms. The molecule has 0 aliphatic carbocycles. The van der Waals surface area contributed by atoms with E-state index in [-0.39, 0.29) is 21.6 Å². The van der Waals surface area contributed by atoms with Crippen molar-refractivity contribution < 1.29 is 17.5 Å². The molecule has 1 aromatic heterocycles. The molecular weight excluding hydrogens is 381 g/mol. The molecule has 6 nitrogen and oxygen atoms in total. The molecule has 0 atom stereocenters. The van der Waals surface area contributed by atoms with Crippen LogP contribution in [0.4, 0.5) is 10.2 Å². The molecule has 1 N–H and O–H groups in total. The molecule has 0 aliphatic heterocycles. The van der Waals surface area contributed by atoms with Crippen molar-refractivity contribution in [3.8, 4) is 5.75 Å². The lowest BCUT2D eigenvalue weighted by atomic mass is 10.2. The van der Waals surface area contributed by atoms with E-state index in [1.165, 1.54) is 42.3 Å². The first-order valence-electron chi connectivity index (χ1n) is 7.51. The summed E-state index contributed by atoms with van der Waals surface area (Å²) in [4.78, 5) is 0.0578. The normalized spacial score (nSPS) is 11.3. The molecule has 0 fully saturated rings. The van der Waals surface area contributed by atoms with Crippen LogP contribution in [0.25, 0.3) is 0 Å². The minimum Gasteiger partial charge on any atom is -0.497 e. The number of nitrogens with one attached hydrogen (secondary N) is 1. The second kappa shape index (κ2) is 7.35. The average Bonchev–Trinajstić information content (AvgIpc) is 2.95. The molecule has 1 heterocycles. The van der Waals surface area contributed by atoms with E-state index in [9.17, 15) is 12.8 Å². The van der Waals surface area contributed by atoms with Crippen molar-refractivity contribution in [2.45, 2.75) is 11.4 Å². The zero-order valence-electron chi connectivity index (χ0n) is 13.7. The number of hydrogen-bond acceptors (Lipinski definition) is 4. The molecule has 0 radical (unpaired) electrons. The van der Waals surface area contributed by atoms with E-state index in [0.717, 1.165) is 5.56 Å². The standard InChI is InChI=1S/C17H15ClFN3O3S/c1-25-14-6-8-15(9-7-14)26(23,24)21-17-16(18)11-22(20-17)10-12-2-4-13(19)5-3-12/h2-9,11H,10H2,1H3,(H,20,21). The second-order valence-corrected chi connectivity index (χ2v) is 7.52. The highest BCUT2D eigenvalue weighted by molar-refractivity contribution is 7.92. The predicted octanol–water partition coefficient (Wildman–Crippen LogP) is 3.53. The Hall–Kier alpha value is -2.58. The monoisotopic (exact) mass is 395 g/mol. The molecule has 0 unspecified atom stereocenters. The van der Waals surface area contributed by atoms with Crippen LogP contribution in [-0.4, -0.2) is 25.3 Å². The highest BCUT2D eigenvalue weighted by atomic mass is 35.5. The topological polar surface area (TPSA) is 73.2 Å². The smallest absolute Gasteiger partial charge is 0.263 e. The molecule has 3 aromatic rings. The van der Waals surface area contributed by atoms with Gasteiger partial charge in [0.2, 0.25) is 0 Å². The first-order valence-corrected chi connectivity index (χ1v) is 9.38. The molecule has 0 bridgehead atoms. The van der Waals surface area contributed by atoms with E-state index in [1.807, 2.05) is 0 Å². The summed E-state index contributed by atoms with van der Waals surface area (Å²) in [6.45, 7) is 0.324. The Labute approximate surface area is 155 Å². The predicted molar refractivity (Wildman–Crippen MR) is 96.5 cm³/mol. The van der Waals surface area contributed by atoms with Gasteiger partial charge in [0.15, 0.2) is 5.82 Å². The SMILES string of the molecule is COc1ccc(S(=O)(=O)Nc2nn(Cc3ccc(F)cc3)cc2Cl)cc1. The zero-order valence-corrected chi connectivity index (χ0v) is 15.3. The van der Waals surface area contributed by atoms with Crippen LogP contribution in [0.2, 0.25) is 5.02 Å². The maximum absolute atomic E-state index is 13.0. The van der Waals surface area contributed by atoms with E-state index < -0.39 is 10.0 Å². The van der Waals surface area contributed by atoms with Gasteiger partial charge in [0.25, 0.3) is 10.0 Å². The number of sulfonamides is 1. The average molecular weight is 396 g/mol. The molecule has 26 heavy (non-hydrogen) atoms. The Morgan fingerprint density at radius 3 is 2.42 bits per heavy atom. The minimum absolute atomic E-state index is 0.0181. The molecule has 0 amide bonds. The van der Waals surface area contributed by atoms with Crippen LogP contribution in [0.5, 0.6) is 5.75 Å². The summed E-state index contributed by atoms with van der Waals surface area (Å²) < 4.78 is 46.7. The largest absolute Gasteiger partial charge is 0.497 e. The van der Waals surface area contributed by atoms with Crippen molar-refractivity contribution in [3.63, 3.8) is 0 Å². The maximum Gasteiger partial charge on any atom is 0.263 e. The molecule has 136 valence electrons. The number of ether oxygens (including phenoxy) is 1. The van der Waals surface area contributed by atoms with E-state index in [1.54, 1.807) is 24.3 Å². The number of halogens is 2. The van der Waals surface area contributed by atoms with Crippen molar-refractivity contribution in [2.75, 3.05) is 11.8 Å². The number of anilines is 1. The molecule has 3 rings (SSSR count). The number of methoxy groups -OCH3 is 1. The van der Waals surface area contributed by atoms with Gasteiger partial charge in [0, 0.05) is 6.20 Å². The van der Waals surface area contributed by atoms with Crippen LogP contribution >= 0.6 is 11.6 Å². The Morgan fingerprint density at radius 1 is 1.15 bits per heavy atom. The van der Waals surface area contributed by atoms with E-state index in [4.69, 9.17) is 16.3 Å². The number of nitrogens with zero attached hydrogens (tertiary/aromatic N) is 2. The number of hydrogen-bond donors (Lipinski definition) is 1. The van der Waals surface area contributed by atoms with Gasteiger partial charge in [-0.1, -0.05) is 23.7 Å². The molecular formula is C17H15ClFN3O3S. The quantitative estimate of drug-likeness (QED) is 0.693. The maximum atomic E-state index is 13.0. The number of benzene rings is 2. The summed E-state index contributed by atoms with van der Waals surface area (Å²) in [5.41, 5.74) is 0.801. The lowest BCUT2D eigenvalue weighted by Crippen LogP contribution is -2.14. The Balaban J connectivity index is 1.78. The lowest BCUT2D eigenvalue weighted by Gasteiger charge is -2.07. The van der Waals surface area contributed by atoms with Gasteiger partial charge >= 0.3 is 0 Å². The van der Waals surface area contributed by atoms with Crippen LogP contribution in [0.3, 0.4) is 0 Å². The van der Waals surface area contributed by atoms with Crippen molar-refractivity contribution in [1.82, 2.24) is 9.78 Å². The summed E-state index contributed by atoms with van der Waals surface area (Å²) in [5.74, 6) is 0.232. The summed E-state index contributed by atoms with van der Waals surface area (Å²) in [7, 11) is -2.35. The third kappa shape index (κ3) is 4.14. The van der Waals surface area contributed by atoms with Gasteiger partial charge in [-0.2, -0.15) is 5.10 Å². The molecule has 0 aliphatic rings. The van der Waals surface area contributed by atoms with Crippen molar-refractivity contribution in [3.05, 3.63) is 71.1 Å². The van der Waals surface area contributed by atoms with Gasteiger partial charge in [-0.05, 0) is 42.0 Å². The van der Waals surface area contributed by atoms with Crippen molar-refractivity contribution in [1.29, 1.82) is 0 Å². The fourth-order valence-electron chi connectivity index (χ4n) is 2.27. The zero-order chi connectivity index (χ0) is 18.7.